The quantitative estimate of drug-likeness (QED) is 0.637. The predicted octanol–water partition coefficient (Wildman–Crippen LogP) is 0.683. The molecule has 0 radical (unpaired) electrons. The molecule has 1 aromatic heterocycles. The van der Waals surface area contributed by atoms with Crippen molar-refractivity contribution < 1.29 is 4.92 Å². The first kappa shape index (κ1) is 11.4. The maximum absolute atomic E-state index is 10.7. The van der Waals surface area contributed by atoms with Crippen molar-refractivity contribution in [1.82, 2.24) is 20.2 Å². The monoisotopic (exact) mass is 254 g/mol. The maximum Gasteiger partial charge on any atom is 0.271 e. The van der Waals surface area contributed by atoms with Crippen molar-refractivity contribution in [2.75, 3.05) is 0 Å². The Labute approximate surface area is 100 Å². The summed E-state index contributed by atoms with van der Waals surface area (Å²) in [5.74, 6) is 0.368. The summed E-state index contributed by atoms with van der Waals surface area (Å²) in [5, 5.41) is 21.8. The molecule has 1 heterocycles. The molecule has 0 aliphatic carbocycles. The number of hydrogen-bond acceptors (Lipinski definition) is 6. The van der Waals surface area contributed by atoms with Crippen LogP contribution >= 0.6 is 11.6 Å². The molecule has 0 saturated carbocycles. The Kier molecular flexibility index (Phi) is 2.98. The van der Waals surface area contributed by atoms with E-state index in [9.17, 15) is 10.1 Å². The second-order valence-corrected chi connectivity index (χ2v) is 3.51. The van der Waals surface area contributed by atoms with Gasteiger partial charge in [-0.05, 0) is 16.5 Å². The van der Waals surface area contributed by atoms with Gasteiger partial charge in [0.05, 0.1) is 22.2 Å². The molecule has 0 aliphatic heterocycles. The van der Waals surface area contributed by atoms with Crippen molar-refractivity contribution in [2.24, 2.45) is 5.73 Å². The molecule has 8 nitrogen and oxygen atoms in total. The molecule has 2 rings (SSSR count). The summed E-state index contributed by atoms with van der Waals surface area (Å²) in [7, 11) is 0. The molecule has 0 atom stereocenters. The normalized spacial score (nSPS) is 10.5. The third-order valence-corrected chi connectivity index (χ3v) is 2.40. The molecule has 0 saturated heterocycles. The van der Waals surface area contributed by atoms with Gasteiger partial charge in [-0.3, -0.25) is 10.1 Å². The summed E-state index contributed by atoms with van der Waals surface area (Å²) in [6.07, 6.45) is 0. The van der Waals surface area contributed by atoms with Gasteiger partial charge in [0.1, 0.15) is 0 Å². The first-order chi connectivity index (χ1) is 8.13. The summed E-state index contributed by atoms with van der Waals surface area (Å²) in [6.45, 7) is 0.103. The van der Waals surface area contributed by atoms with Crippen LogP contribution in [-0.2, 0) is 6.54 Å². The number of aromatic nitrogens is 4. The lowest BCUT2D eigenvalue weighted by Gasteiger charge is -2.04. The number of nitrogens with two attached hydrogens (primary N) is 1. The number of nitrogens with zero attached hydrogens (tertiary/aromatic N) is 5. The van der Waals surface area contributed by atoms with Gasteiger partial charge < -0.3 is 5.73 Å². The molecule has 0 aliphatic rings. The number of benzene rings is 1. The Morgan fingerprint density at radius 3 is 2.94 bits per heavy atom. The van der Waals surface area contributed by atoms with Crippen molar-refractivity contribution >= 4 is 17.3 Å². The lowest BCUT2D eigenvalue weighted by Crippen LogP contribution is -2.08. The molecule has 0 unspecified atom stereocenters. The maximum atomic E-state index is 10.7. The van der Waals surface area contributed by atoms with E-state index in [1.165, 1.54) is 22.9 Å². The minimum Gasteiger partial charge on any atom is -0.324 e. The smallest absolute Gasteiger partial charge is 0.271 e. The molecule has 9 heteroatoms. The largest absolute Gasteiger partial charge is 0.324 e. The van der Waals surface area contributed by atoms with Gasteiger partial charge in [0.25, 0.3) is 5.69 Å². The van der Waals surface area contributed by atoms with E-state index in [1.807, 2.05) is 0 Å². The van der Waals surface area contributed by atoms with Gasteiger partial charge >= 0.3 is 0 Å². The number of hydrogen-bond donors (Lipinski definition) is 1. The fraction of sp³-hybridized carbons (Fsp3) is 0.125. The SMILES string of the molecule is NCc1nnnn1-c1cc([N+](=O)[O-])ccc1Cl. The van der Waals surface area contributed by atoms with E-state index < -0.39 is 4.92 Å². The molecular formula is C8H7ClN6O2. The third-order valence-electron chi connectivity index (χ3n) is 2.09. The highest BCUT2D eigenvalue weighted by atomic mass is 35.5. The van der Waals surface area contributed by atoms with Crippen LogP contribution in [0.25, 0.3) is 5.69 Å². The van der Waals surface area contributed by atoms with E-state index in [0.717, 1.165) is 0 Å². The number of nitro groups is 1. The molecule has 0 fully saturated rings. The number of nitro benzene ring substituents is 1. The van der Waals surface area contributed by atoms with Crippen LogP contribution in [-0.4, -0.2) is 25.1 Å². The summed E-state index contributed by atoms with van der Waals surface area (Å²) in [5.41, 5.74) is 5.67. The van der Waals surface area contributed by atoms with Crippen LogP contribution in [0.5, 0.6) is 0 Å². The minimum absolute atomic E-state index is 0.0946. The number of non-ortho nitro benzene ring substituents is 1. The number of halogens is 1. The molecule has 0 bridgehead atoms. The summed E-state index contributed by atoms with van der Waals surface area (Å²) in [6, 6.07) is 4.01. The van der Waals surface area contributed by atoms with Gasteiger partial charge in [-0.1, -0.05) is 11.6 Å². The Bertz CT molecular complexity index is 569. The highest BCUT2D eigenvalue weighted by Crippen LogP contribution is 2.25. The van der Waals surface area contributed by atoms with E-state index in [0.29, 0.717) is 16.5 Å². The standard InChI is InChI=1S/C8H7ClN6O2/c9-6-2-1-5(15(16)17)3-7(6)14-8(4-10)11-12-13-14/h1-3H,4,10H2. The van der Waals surface area contributed by atoms with Crippen molar-refractivity contribution in [3.8, 4) is 5.69 Å². The van der Waals surface area contributed by atoms with Crippen molar-refractivity contribution in [3.63, 3.8) is 0 Å². The van der Waals surface area contributed by atoms with Crippen LogP contribution in [0.4, 0.5) is 5.69 Å². The van der Waals surface area contributed by atoms with Crippen molar-refractivity contribution in [2.45, 2.75) is 6.54 Å². The Morgan fingerprint density at radius 1 is 1.53 bits per heavy atom. The van der Waals surface area contributed by atoms with E-state index in [1.54, 1.807) is 0 Å². The molecule has 0 spiro atoms. The Hall–Kier alpha value is -2.06. The summed E-state index contributed by atoms with van der Waals surface area (Å²) in [4.78, 5) is 10.1. The van der Waals surface area contributed by atoms with Crippen LogP contribution in [0.1, 0.15) is 5.82 Å². The van der Waals surface area contributed by atoms with E-state index >= 15 is 0 Å². The van der Waals surface area contributed by atoms with Gasteiger partial charge in [-0.15, -0.1) is 5.10 Å². The molecule has 88 valence electrons. The third kappa shape index (κ3) is 2.08. The first-order valence-electron chi connectivity index (χ1n) is 4.55. The highest BCUT2D eigenvalue weighted by molar-refractivity contribution is 6.32. The van der Waals surface area contributed by atoms with Crippen LogP contribution in [0.15, 0.2) is 18.2 Å². The van der Waals surface area contributed by atoms with Crippen molar-refractivity contribution in [3.05, 3.63) is 39.2 Å². The van der Waals surface area contributed by atoms with Gasteiger partial charge in [0.15, 0.2) is 5.82 Å². The van der Waals surface area contributed by atoms with E-state index in [4.69, 9.17) is 17.3 Å². The Morgan fingerprint density at radius 2 is 2.29 bits per heavy atom. The first-order valence-corrected chi connectivity index (χ1v) is 4.93. The lowest BCUT2D eigenvalue weighted by atomic mass is 10.3. The average Bonchev–Trinajstić information content (AvgIpc) is 2.77. The summed E-state index contributed by atoms with van der Waals surface area (Å²) >= 11 is 5.94. The molecule has 0 amide bonds. The topological polar surface area (TPSA) is 113 Å². The Balaban J connectivity index is 2.58. The number of tetrazole rings is 1. The molecular weight excluding hydrogens is 248 g/mol. The zero-order chi connectivity index (χ0) is 12.4. The highest BCUT2D eigenvalue weighted by Gasteiger charge is 2.14. The second kappa shape index (κ2) is 4.44. The van der Waals surface area contributed by atoms with E-state index in [2.05, 4.69) is 15.5 Å². The van der Waals surface area contributed by atoms with Gasteiger partial charge in [0.2, 0.25) is 0 Å². The molecule has 1 aromatic carbocycles. The van der Waals surface area contributed by atoms with Crippen molar-refractivity contribution in [1.29, 1.82) is 0 Å². The zero-order valence-corrected chi connectivity index (χ0v) is 9.20. The zero-order valence-electron chi connectivity index (χ0n) is 8.45. The van der Waals surface area contributed by atoms with Crippen LogP contribution in [0, 0.1) is 10.1 Å². The lowest BCUT2D eigenvalue weighted by molar-refractivity contribution is -0.384. The predicted molar refractivity (Wildman–Crippen MR) is 58.7 cm³/mol. The van der Waals surface area contributed by atoms with Crippen LogP contribution in [0.2, 0.25) is 5.02 Å². The second-order valence-electron chi connectivity index (χ2n) is 3.10. The van der Waals surface area contributed by atoms with Gasteiger partial charge in [-0.25, -0.2) is 0 Å². The molecule has 2 aromatic rings. The fourth-order valence-corrected chi connectivity index (χ4v) is 1.49. The number of rotatable bonds is 3. The summed E-state index contributed by atoms with van der Waals surface area (Å²) < 4.78 is 1.27. The van der Waals surface area contributed by atoms with Crippen LogP contribution in [0.3, 0.4) is 0 Å². The van der Waals surface area contributed by atoms with E-state index in [-0.39, 0.29) is 12.2 Å². The van der Waals surface area contributed by atoms with Crippen LogP contribution < -0.4 is 5.73 Å². The molecule has 2 N–H and O–H groups in total. The fourth-order valence-electron chi connectivity index (χ4n) is 1.30. The minimum atomic E-state index is -0.522. The average molecular weight is 255 g/mol. The molecule has 17 heavy (non-hydrogen) atoms. The van der Waals surface area contributed by atoms with Gasteiger partial charge in [-0.2, -0.15) is 4.68 Å². The van der Waals surface area contributed by atoms with Gasteiger partial charge in [0, 0.05) is 12.1 Å².